The summed E-state index contributed by atoms with van der Waals surface area (Å²) in [4.78, 5) is 0. The molecule has 0 atom stereocenters. The van der Waals surface area contributed by atoms with Crippen LogP contribution in [0.5, 0.6) is 0 Å². The van der Waals surface area contributed by atoms with Gasteiger partial charge in [0.15, 0.2) is 0 Å². The molecule has 12 heavy (non-hydrogen) atoms. The Morgan fingerprint density at radius 3 is 3.00 bits per heavy atom. The van der Waals surface area contributed by atoms with Crippen molar-refractivity contribution in [2.24, 2.45) is 0 Å². The minimum Gasteiger partial charge on any atom is -0.492 e. The Kier molecular flexibility index (Phi) is 2.80. The summed E-state index contributed by atoms with van der Waals surface area (Å²) < 4.78 is 5.21. The fraction of sp³-hybridized carbons (Fsp3) is 0.333. The molecule has 3 heteroatoms. The zero-order chi connectivity index (χ0) is 8.97. The molecule has 0 N–H and O–H groups in total. The van der Waals surface area contributed by atoms with Crippen LogP contribution in [0.3, 0.4) is 0 Å². The van der Waals surface area contributed by atoms with Crippen LogP contribution in [0.4, 0.5) is 0 Å². The Morgan fingerprint density at radius 1 is 1.67 bits per heavy atom. The van der Waals surface area contributed by atoms with Gasteiger partial charge in [-0.25, -0.2) is 0 Å². The molecule has 1 rings (SSSR count). The summed E-state index contributed by atoms with van der Waals surface area (Å²) in [6.45, 7) is 8.22. The number of hydrogen-bond acceptors (Lipinski definition) is 3. The van der Waals surface area contributed by atoms with Crippen LogP contribution < -0.4 is 0 Å². The van der Waals surface area contributed by atoms with E-state index < -0.39 is 0 Å². The summed E-state index contributed by atoms with van der Waals surface area (Å²) in [5, 5.41) is 7.68. The average molecular weight is 164 g/mol. The minimum absolute atomic E-state index is 0.586. The van der Waals surface area contributed by atoms with E-state index in [9.17, 15) is 0 Å². The van der Waals surface area contributed by atoms with Crippen molar-refractivity contribution in [2.45, 2.75) is 13.8 Å². The number of ether oxygens (including phenoxy) is 1. The molecule has 0 aliphatic rings. The van der Waals surface area contributed by atoms with Crippen LogP contribution in [0.15, 0.2) is 18.8 Å². The molecular formula is C9H12N2O. The molecule has 0 aliphatic heterocycles. The third-order valence-electron chi connectivity index (χ3n) is 1.51. The van der Waals surface area contributed by atoms with E-state index in [2.05, 4.69) is 16.8 Å². The van der Waals surface area contributed by atoms with E-state index in [1.165, 1.54) is 0 Å². The molecule has 64 valence electrons. The molecule has 0 saturated carbocycles. The fourth-order valence-corrected chi connectivity index (χ4v) is 0.912. The first-order valence-corrected chi connectivity index (χ1v) is 3.86. The highest BCUT2D eigenvalue weighted by Crippen LogP contribution is 2.13. The van der Waals surface area contributed by atoms with Crippen LogP contribution in [-0.2, 0) is 4.74 Å². The quantitative estimate of drug-likeness (QED) is 0.639. The number of aromatic nitrogens is 2. The van der Waals surface area contributed by atoms with Gasteiger partial charge in [-0.2, -0.15) is 5.10 Å². The summed E-state index contributed by atoms with van der Waals surface area (Å²) in [6.07, 6.45) is 1.65. The van der Waals surface area contributed by atoms with Crippen molar-refractivity contribution in [2.75, 3.05) is 6.61 Å². The zero-order valence-corrected chi connectivity index (χ0v) is 7.37. The van der Waals surface area contributed by atoms with Gasteiger partial charge in [-0.15, -0.1) is 5.10 Å². The van der Waals surface area contributed by atoms with E-state index in [-0.39, 0.29) is 0 Å². The number of rotatable bonds is 3. The standard InChI is InChI=1S/C9H12N2O/c1-4-12-8(3)9-7(2)5-6-10-11-9/h5-6H,3-4H2,1-2H3. The number of hydrogen-bond donors (Lipinski definition) is 0. The van der Waals surface area contributed by atoms with Crippen molar-refractivity contribution in [3.8, 4) is 0 Å². The maximum absolute atomic E-state index is 5.21. The molecule has 1 aromatic rings. The molecule has 0 saturated heterocycles. The van der Waals surface area contributed by atoms with Crippen LogP contribution in [0.25, 0.3) is 5.76 Å². The maximum Gasteiger partial charge on any atom is 0.139 e. The van der Waals surface area contributed by atoms with Crippen LogP contribution >= 0.6 is 0 Å². The first-order chi connectivity index (χ1) is 5.75. The number of nitrogens with zero attached hydrogens (tertiary/aromatic N) is 2. The summed E-state index contributed by atoms with van der Waals surface area (Å²) >= 11 is 0. The first kappa shape index (κ1) is 8.71. The van der Waals surface area contributed by atoms with Crippen LogP contribution in [-0.4, -0.2) is 16.8 Å². The highest BCUT2D eigenvalue weighted by molar-refractivity contribution is 5.55. The molecule has 0 aliphatic carbocycles. The minimum atomic E-state index is 0.586. The highest BCUT2D eigenvalue weighted by atomic mass is 16.5. The molecular weight excluding hydrogens is 152 g/mol. The molecule has 0 fully saturated rings. The van der Waals surface area contributed by atoms with Gasteiger partial charge in [0, 0.05) is 6.20 Å². The zero-order valence-electron chi connectivity index (χ0n) is 7.37. The van der Waals surface area contributed by atoms with Crippen molar-refractivity contribution in [1.29, 1.82) is 0 Å². The lowest BCUT2D eigenvalue weighted by Crippen LogP contribution is -1.97. The van der Waals surface area contributed by atoms with Gasteiger partial charge in [0.1, 0.15) is 11.5 Å². The molecule has 0 unspecified atom stereocenters. The smallest absolute Gasteiger partial charge is 0.139 e. The monoisotopic (exact) mass is 164 g/mol. The predicted molar refractivity (Wildman–Crippen MR) is 47.4 cm³/mol. The van der Waals surface area contributed by atoms with E-state index in [4.69, 9.17) is 4.74 Å². The highest BCUT2D eigenvalue weighted by Gasteiger charge is 2.03. The normalized spacial score (nSPS) is 9.50. The predicted octanol–water partition coefficient (Wildman–Crippen LogP) is 1.79. The lowest BCUT2D eigenvalue weighted by Gasteiger charge is -2.06. The Hall–Kier alpha value is -1.38. The molecule has 1 heterocycles. The van der Waals surface area contributed by atoms with E-state index in [0.29, 0.717) is 12.4 Å². The number of aryl methyl sites for hydroxylation is 1. The van der Waals surface area contributed by atoms with E-state index in [0.717, 1.165) is 11.3 Å². The van der Waals surface area contributed by atoms with Gasteiger partial charge in [0.25, 0.3) is 0 Å². The summed E-state index contributed by atoms with van der Waals surface area (Å²) in [6, 6.07) is 1.88. The third kappa shape index (κ3) is 1.81. The molecule has 3 nitrogen and oxygen atoms in total. The molecule has 1 aromatic heterocycles. The second-order valence-corrected chi connectivity index (χ2v) is 2.42. The van der Waals surface area contributed by atoms with Gasteiger partial charge in [-0.3, -0.25) is 0 Å². The van der Waals surface area contributed by atoms with Crippen molar-refractivity contribution >= 4 is 5.76 Å². The second-order valence-electron chi connectivity index (χ2n) is 2.42. The fourth-order valence-electron chi connectivity index (χ4n) is 0.912. The second kappa shape index (κ2) is 3.85. The first-order valence-electron chi connectivity index (χ1n) is 3.86. The van der Waals surface area contributed by atoms with Crippen LogP contribution in [0.1, 0.15) is 18.2 Å². The van der Waals surface area contributed by atoms with E-state index in [1.807, 2.05) is 19.9 Å². The van der Waals surface area contributed by atoms with Crippen molar-refractivity contribution in [1.82, 2.24) is 10.2 Å². The Bertz CT molecular complexity index is 284. The van der Waals surface area contributed by atoms with Crippen molar-refractivity contribution in [3.05, 3.63) is 30.1 Å². The van der Waals surface area contributed by atoms with Crippen LogP contribution in [0.2, 0.25) is 0 Å². The van der Waals surface area contributed by atoms with Crippen LogP contribution in [0, 0.1) is 6.92 Å². The molecule has 0 bridgehead atoms. The molecule has 0 spiro atoms. The third-order valence-corrected chi connectivity index (χ3v) is 1.51. The maximum atomic E-state index is 5.21. The van der Waals surface area contributed by atoms with E-state index in [1.54, 1.807) is 6.20 Å². The molecule has 0 radical (unpaired) electrons. The van der Waals surface area contributed by atoms with Crippen molar-refractivity contribution in [3.63, 3.8) is 0 Å². The van der Waals surface area contributed by atoms with Gasteiger partial charge in [0.05, 0.1) is 6.61 Å². The topological polar surface area (TPSA) is 35.0 Å². The largest absolute Gasteiger partial charge is 0.492 e. The Balaban J connectivity index is 2.87. The van der Waals surface area contributed by atoms with Crippen molar-refractivity contribution < 1.29 is 4.74 Å². The average Bonchev–Trinajstić information content (AvgIpc) is 2.05. The van der Waals surface area contributed by atoms with Gasteiger partial charge >= 0.3 is 0 Å². The Morgan fingerprint density at radius 2 is 2.42 bits per heavy atom. The molecule has 0 amide bonds. The Labute approximate surface area is 72.1 Å². The van der Waals surface area contributed by atoms with E-state index >= 15 is 0 Å². The van der Waals surface area contributed by atoms with Gasteiger partial charge < -0.3 is 4.74 Å². The summed E-state index contributed by atoms with van der Waals surface area (Å²) in [5.74, 6) is 0.586. The lowest BCUT2D eigenvalue weighted by molar-refractivity contribution is 0.297. The summed E-state index contributed by atoms with van der Waals surface area (Å²) in [7, 11) is 0. The van der Waals surface area contributed by atoms with Gasteiger partial charge in [-0.05, 0) is 25.5 Å². The van der Waals surface area contributed by atoms with Gasteiger partial charge in [0.2, 0.25) is 0 Å². The lowest BCUT2D eigenvalue weighted by atomic mass is 10.2. The summed E-state index contributed by atoms with van der Waals surface area (Å²) in [5.41, 5.74) is 1.77. The SMILES string of the molecule is C=C(OCC)c1nnccc1C. The molecule has 0 aromatic carbocycles. The van der Waals surface area contributed by atoms with Gasteiger partial charge in [-0.1, -0.05) is 6.58 Å².